The van der Waals surface area contributed by atoms with Crippen molar-refractivity contribution in [2.75, 3.05) is 13.1 Å². The first-order valence-electron chi connectivity index (χ1n) is 6.65. The van der Waals surface area contributed by atoms with Crippen LogP contribution in [0.2, 0.25) is 0 Å². The molecular weight excluding hydrogens is 231 g/mol. The SMILES string of the molecule is Cc1cc(CN2CCC(C(C)(C)C)C(F)C2)no1. The summed E-state index contributed by atoms with van der Waals surface area (Å²) in [4.78, 5) is 2.13. The van der Waals surface area contributed by atoms with Crippen LogP contribution in [-0.2, 0) is 6.54 Å². The van der Waals surface area contributed by atoms with Crippen molar-refractivity contribution in [3.63, 3.8) is 0 Å². The number of likely N-dealkylation sites (tertiary alicyclic amines) is 1. The Morgan fingerprint density at radius 3 is 2.72 bits per heavy atom. The Labute approximate surface area is 108 Å². The van der Waals surface area contributed by atoms with Gasteiger partial charge in [-0.25, -0.2) is 4.39 Å². The van der Waals surface area contributed by atoms with E-state index in [9.17, 15) is 4.39 Å². The van der Waals surface area contributed by atoms with Crippen molar-refractivity contribution in [2.45, 2.75) is 46.8 Å². The minimum absolute atomic E-state index is 0.0516. The standard InChI is InChI=1S/C14H23FN2O/c1-10-7-11(16-18-10)8-17-6-5-12(13(15)9-17)14(2,3)4/h7,12-13H,5-6,8-9H2,1-4H3. The second-order valence-corrected chi connectivity index (χ2v) is 6.44. The van der Waals surface area contributed by atoms with Gasteiger partial charge in [-0.2, -0.15) is 0 Å². The fourth-order valence-corrected chi connectivity index (χ4v) is 2.81. The van der Waals surface area contributed by atoms with Crippen LogP contribution in [0.15, 0.2) is 10.6 Å². The Bertz CT molecular complexity index is 397. The highest BCUT2D eigenvalue weighted by Gasteiger charge is 2.36. The van der Waals surface area contributed by atoms with Gasteiger partial charge in [-0.1, -0.05) is 25.9 Å². The van der Waals surface area contributed by atoms with Crippen molar-refractivity contribution in [1.82, 2.24) is 10.1 Å². The quantitative estimate of drug-likeness (QED) is 0.811. The van der Waals surface area contributed by atoms with Crippen LogP contribution in [0.25, 0.3) is 0 Å². The summed E-state index contributed by atoms with van der Waals surface area (Å²) in [6.07, 6.45) is 0.174. The van der Waals surface area contributed by atoms with Gasteiger partial charge in [0.05, 0.1) is 5.69 Å². The molecule has 1 aromatic rings. The number of hydrogen-bond acceptors (Lipinski definition) is 3. The van der Waals surface area contributed by atoms with Crippen LogP contribution in [0.5, 0.6) is 0 Å². The Balaban J connectivity index is 1.92. The number of aromatic nitrogens is 1. The highest BCUT2D eigenvalue weighted by molar-refractivity contribution is 5.03. The molecule has 1 fully saturated rings. The Morgan fingerprint density at radius 2 is 2.22 bits per heavy atom. The van der Waals surface area contributed by atoms with Crippen molar-refractivity contribution < 1.29 is 8.91 Å². The number of aryl methyl sites for hydroxylation is 1. The third-order valence-electron chi connectivity index (χ3n) is 3.80. The zero-order chi connectivity index (χ0) is 13.3. The molecule has 18 heavy (non-hydrogen) atoms. The van der Waals surface area contributed by atoms with E-state index in [-0.39, 0.29) is 11.3 Å². The van der Waals surface area contributed by atoms with Gasteiger partial charge in [0.25, 0.3) is 0 Å². The second-order valence-electron chi connectivity index (χ2n) is 6.44. The summed E-state index contributed by atoms with van der Waals surface area (Å²) in [5.41, 5.74) is 0.949. The van der Waals surface area contributed by atoms with Gasteiger partial charge < -0.3 is 4.52 Å². The first kappa shape index (κ1) is 13.5. The van der Waals surface area contributed by atoms with Crippen molar-refractivity contribution in [1.29, 1.82) is 0 Å². The molecule has 0 aliphatic carbocycles. The molecule has 4 heteroatoms. The zero-order valence-corrected chi connectivity index (χ0v) is 11.7. The number of piperidine rings is 1. The van der Waals surface area contributed by atoms with Crippen LogP contribution >= 0.6 is 0 Å². The van der Waals surface area contributed by atoms with E-state index in [4.69, 9.17) is 4.52 Å². The Kier molecular flexibility index (Phi) is 3.76. The maximum Gasteiger partial charge on any atom is 0.133 e. The van der Waals surface area contributed by atoms with Crippen molar-refractivity contribution in [3.05, 3.63) is 17.5 Å². The lowest BCUT2D eigenvalue weighted by atomic mass is 9.74. The fourth-order valence-electron chi connectivity index (χ4n) is 2.81. The monoisotopic (exact) mass is 254 g/mol. The maximum absolute atomic E-state index is 14.2. The molecule has 2 unspecified atom stereocenters. The summed E-state index contributed by atoms with van der Waals surface area (Å²) in [6, 6.07) is 1.92. The number of alkyl halides is 1. The van der Waals surface area contributed by atoms with Gasteiger partial charge in [0.1, 0.15) is 11.9 Å². The molecular formula is C14H23FN2O. The molecule has 0 aromatic carbocycles. The van der Waals surface area contributed by atoms with Crippen LogP contribution in [0.3, 0.4) is 0 Å². The molecule has 0 bridgehead atoms. The minimum atomic E-state index is -0.744. The second kappa shape index (κ2) is 5.00. The topological polar surface area (TPSA) is 29.3 Å². The summed E-state index contributed by atoms with van der Waals surface area (Å²) in [6.45, 7) is 10.4. The van der Waals surface area contributed by atoms with E-state index < -0.39 is 6.17 Å². The van der Waals surface area contributed by atoms with Gasteiger partial charge in [-0.3, -0.25) is 4.90 Å². The first-order valence-corrected chi connectivity index (χ1v) is 6.65. The normalized spacial score (nSPS) is 26.5. The number of hydrogen-bond donors (Lipinski definition) is 0. The fraction of sp³-hybridized carbons (Fsp3) is 0.786. The molecule has 1 aliphatic rings. The van der Waals surface area contributed by atoms with Gasteiger partial charge in [0, 0.05) is 19.2 Å². The van der Waals surface area contributed by atoms with Gasteiger partial charge in [-0.15, -0.1) is 0 Å². The molecule has 2 atom stereocenters. The summed E-state index contributed by atoms with van der Waals surface area (Å²) in [5, 5.41) is 3.96. The van der Waals surface area contributed by atoms with E-state index in [1.54, 1.807) is 0 Å². The summed E-state index contributed by atoms with van der Waals surface area (Å²) in [5.74, 6) is 0.971. The molecule has 0 saturated carbocycles. The van der Waals surface area contributed by atoms with E-state index in [2.05, 4.69) is 30.8 Å². The van der Waals surface area contributed by atoms with Crippen molar-refractivity contribution in [2.24, 2.45) is 11.3 Å². The zero-order valence-electron chi connectivity index (χ0n) is 11.7. The average Bonchev–Trinajstić information content (AvgIpc) is 2.62. The molecule has 1 aromatic heterocycles. The molecule has 102 valence electrons. The smallest absolute Gasteiger partial charge is 0.133 e. The molecule has 1 saturated heterocycles. The largest absolute Gasteiger partial charge is 0.361 e. The van der Waals surface area contributed by atoms with Gasteiger partial charge in [-0.05, 0) is 31.2 Å². The molecule has 1 aliphatic heterocycles. The predicted octanol–water partition coefficient (Wildman–Crippen LogP) is 3.19. The van der Waals surface area contributed by atoms with Crippen LogP contribution in [-0.4, -0.2) is 29.3 Å². The van der Waals surface area contributed by atoms with E-state index in [0.717, 1.165) is 24.4 Å². The maximum atomic E-state index is 14.2. The van der Waals surface area contributed by atoms with Crippen molar-refractivity contribution >= 4 is 0 Å². The van der Waals surface area contributed by atoms with Crippen molar-refractivity contribution in [3.8, 4) is 0 Å². The lowest BCUT2D eigenvalue weighted by molar-refractivity contribution is 0.0226. The van der Waals surface area contributed by atoms with Gasteiger partial charge in [0.15, 0.2) is 0 Å². The van der Waals surface area contributed by atoms with Crippen LogP contribution < -0.4 is 0 Å². The molecule has 0 amide bonds. The minimum Gasteiger partial charge on any atom is -0.361 e. The summed E-state index contributed by atoms with van der Waals surface area (Å²) in [7, 11) is 0. The number of nitrogens with zero attached hydrogens (tertiary/aromatic N) is 2. The van der Waals surface area contributed by atoms with Gasteiger partial charge >= 0.3 is 0 Å². The lowest BCUT2D eigenvalue weighted by Crippen LogP contribution is -2.45. The van der Waals surface area contributed by atoms with E-state index in [1.807, 2.05) is 13.0 Å². The van der Waals surface area contributed by atoms with Crippen LogP contribution in [0.1, 0.15) is 38.6 Å². The predicted molar refractivity (Wildman–Crippen MR) is 69.0 cm³/mol. The molecule has 3 nitrogen and oxygen atoms in total. The first-order chi connectivity index (χ1) is 8.36. The van der Waals surface area contributed by atoms with E-state index in [0.29, 0.717) is 13.1 Å². The highest BCUT2D eigenvalue weighted by Crippen LogP contribution is 2.36. The Hall–Kier alpha value is -0.900. The number of halogens is 1. The Morgan fingerprint density at radius 1 is 1.50 bits per heavy atom. The highest BCUT2D eigenvalue weighted by atomic mass is 19.1. The molecule has 0 spiro atoms. The summed E-state index contributed by atoms with van der Waals surface area (Å²) < 4.78 is 19.3. The molecule has 0 radical (unpaired) electrons. The summed E-state index contributed by atoms with van der Waals surface area (Å²) >= 11 is 0. The molecule has 2 heterocycles. The van der Waals surface area contributed by atoms with Crippen LogP contribution in [0, 0.1) is 18.3 Å². The van der Waals surface area contributed by atoms with E-state index in [1.165, 1.54) is 0 Å². The van der Waals surface area contributed by atoms with E-state index >= 15 is 0 Å². The third kappa shape index (κ3) is 3.10. The average molecular weight is 254 g/mol. The van der Waals surface area contributed by atoms with Gasteiger partial charge in [0.2, 0.25) is 0 Å². The number of rotatable bonds is 2. The molecule has 0 N–H and O–H groups in total. The molecule has 2 rings (SSSR count). The third-order valence-corrected chi connectivity index (χ3v) is 3.80. The van der Waals surface area contributed by atoms with Crippen LogP contribution in [0.4, 0.5) is 4.39 Å². The lowest BCUT2D eigenvalue weighted by Gasteiger charge is -2.40.